The zero-order chi connectivity index (χ0) is 8.53. The average molecular weight is 151 g/mol. The van der Waals surface area contributed by atoms with Crippen molar-refractivity contribution in [2.24, 2.45) is 4.99 Å². The zero-order valence-electron chi connectivity index (χ0n) is 7.67. The molecule has 1 heteroatoms. The van der Waals surface area contributed by atoms with Crippen LogP contribution < -0.4 is 0 Å². The first-order valence-electron chi connectivity index (χ1n) is 4.07. The fourth-order valence-corrected chi connectivity index (χ4v) is 0.562. The van der Waals surface area contributed by atoms with Crippen LogP contribution in [0.1, 0.15) is 27.2 Å². The van der Waals surface area contributed by atoms with E-state index in [-0.39, 0.29) is 0 Å². The Labute approximate surface area is 69.5 Å². The topological polar surface area (TPSA) is 12.4 Å². The number of hydrogen-bond donors (Lipinski definition) is 0. The van der Waals surface area contributed by atoms with Crippen molar-refractivity contribution in [3.8, 4) is 0 Å². The van der Waals surface area contributed by atoms with Crippen LogP contribution >= 0.6 is 0 Å². The predicted octanol–water partition coefficient (Wildman–Crippen LogP) is 2.99. The van der Waals surface area contributed by atoms with Crippen molar-refractivity contribution < 1.29 is 0 Å². The summed E-state index contributed by atoms with van der Waals surface area (Å²) in [5.74, 6) is 0. The highest BCUT2D eigenvalue weighted by atomic mass is 14.7. The first kappa shape index (κ1) is 10.2. The lowest BCUT2D eigenvalue weighted by molar-refractivity contribution is 0.937. The molecular formula is C10H17N. The van der Waals surface area contributed by atoms with E-state index in [1.165, 1.54) is 5.57 Å². The van der Waals surface area contributed by atoms with Crippen molar-refractivity contribution >= 4 is 6.21 Å². The number of hydrogen-bond acceptors (Lipinski definition) is 1. The molecule has 0 aromatic heterocycles. The molecule has 0 aromatic rings. The molecule has 1 nitrogen and oxygen atoms in total. The normalized spacial score (nSPS) is 11.2. The third kappa shape index (κ3) is 9.15. The van der Waals surface area contributed by atoms with E-state index in [0.717, 1.165) is 13.0 Å². The highest BCUT2D eigenvalue weighted by molar-refractivity contribution is 5.71. The van der Waals surface area contributed by atoms with Gasteiger partial charge in [0.2, 0.25) is 0 Å². The second kappa shape index (κ2) is 7.26. The van der Waals surface area contributed by atoms with Gasteiger partial charge in [0.05, 0.1) is 0 Å². The van der Waals surface area contributed by atoms with Gasteiger partial charge < -0.3 is 0 Å². The molecule has 0 heterocycles. The maximum Gasteiger partial charge on any atom is 0.0386 e. The van der Waals surface area contributed by atoms with Crippen LogP contribution in [-0.2, 0) is 0 Å². The van der Waals surface area contributed by atoms with E-state index in [9.17, 15) is 0 Å². The van der Waals surface area contributed by atoms with E-state index >= 15 is 0 Å². The molecule has 0 bridgehead atoms. The van der Waals surface area contributed by atoms with Gasteiger partial charge in [-0.2, -0.15) is 0 Å². The lowest BCUT2D eigenvalue weighted by Crippen LogP contribution is -1.73. The Hall–Kier alpha value is -0.850. The van der Waals surface area contributed by atoms with Gasteiger partial charge in [0.15, 0.2) is 0 Å². The monoisotopic (exact) mass is 151 g/mol. The first-order chi connectivity index (χ1) is 5.27. The van der Waals surface area contributed by atoms with Gasteiger partial charge in [0.1, 0.15) is 0 Å². The maximum atomic E-state index is 4.15. The summed E-state index contributed by atoms with van der Waals surface area (Å²) >= 11 is 0. The molecule has 0 spiro atoms. The molecule has 0 radical (unpaired) electrons. The molecule has 0 fully saturated rings. The molecule has 0 unspecified atom stereocenters. The Morgan fingerprint density at radius 2 is 2.00 bits per heavy atom. The smallest absolute Gasteiger partial charge is 0.0386 e. The molecule has 0 N–H and O–H groups in total. The van der Waals surface area contributed by atoms with Gasteiger partial charge in [-0.05, 0) is 26.3 Å². The summed E-state index contributed by atoms with van der Waals surface area (Å²) in [5.41, 5.74) is 1.31. The van der Waals surface area contributed by atoms with Gasteiger partial charge in [0.25, 0.3) is 0 Å². The fraction of sp³-hybridized carbons (Fsp3) is 0.500. The number of rotatable bonds is 4. The van der Waals surface area contributed by atoms with Crippen LogP contribution in [0.3, 0.4) is 0 Å². The van der Waals surface area contributed by atoms with Crippen LogP contribution in [0, 0.1) is 0 Å². The summed E-state index contributed by atoms with van der Waals surface area (Å²) in [5, 5.41) is 0. The summed E-state index contributed by atoms with van der Waals surface area (Å²) < 4.78 is 0. The van der Waals surface area contributed by atoms with Gasteiger partial charge in [-0.15, -0.1) is 0 Å². The molecule has 62 valence electrons. The first-order valence-corrected chi connectivity index (χ1v) is 4.07. The van der Waals surface area contributed by atoms with Crippen LogP contribution in [0.25, 0.3) is 0 Å². The fourth-order valence-electron chi connectivity index (χ4n) is 0.562. The minimum Gasteiger partial charge on any atom is -0.293 e. The third-order valence-electron chi connectivity index (χ3n) is 1.08. The van der Waals surface area contributed by atoms with Gasteiger partial charge >= 0.3 is 0 Å². The standard InChI is InChI=1S/C10H17N/c1-4-8-11-9-6-5-7-10(2)3/h5-7,9H,4,8H2,1-3H3/b6-5-,11-9?. The zero-order valence-corrected chi connectivity index (χ0v) is 7.67. The van der Waals surface area contributed by atoms with E-state index in [1.807, 2.05) is 18.4 Å². The summed E-state index contributed by atoms with van der Waals surface area (Å²) in [6.45, 7) is 7.21. The Bertz CT molecular complexity index is 160. The second-order valence-electron chi connectivity index (χ2n) is 2.68. The molecule has 0 rings (SSSR count). The van der Waals surface area contributed by atoms with E-state index in [2.05, 4.69) is 31.8 Å². The van der Waals surface area contributed by atoms with E-state index in [0.29, 0.717) is 0 Å². The predicted molar refractivity (Wildman–Crippen MR) is 52.2 cm³/mol. The number of nitrogens with zero attached hydrogens (tertiary/aromatic N) is 1. The third-order valence-corrected chi connectivity index (χ3v) is 1.08. The van der Waals surface area contributed by atoms with Gasteiger partial charge in [-0.3, -0.25) is 4.99 Å². The van der Waals surface area contributed by atoms with Crippen molar-refractivity contribution in [3.05, 3.63) is 23.8 Å². The summed E-state index contributed by atoms with van der Waals surface area (Å²) in [7, 11) is 0. The molecule has 0 atom stereocenters. The molecule has 0 saturated heterocycles. The Morgan fingerprint density at radius 3 is 2.55 bits per heavy atom. The highest BCUT2D eigenvalue weighted by Gasteiger charge is 1.70. The largest absolute Gasteiger partial charge is 0.293 e. The second-order valence-corrected chi connectivity index (χ2v) is 2.68. The molecular weight excluding hydrogens is 134 g/mol. The molecule has 0 amide bonds. The molecule has 11 heavy (non-hydrogen) atoms. The molecule has 0 aliphatic carbocycles. The van der Waals surface area contributed by atoms with Crippen molar-refractivity contribution in [2.75, 3.05) is 6.54 Å². The molecule has 0 aliphatic rings. The number of aliphatic imine (C=N–C) groups is 1. The van der Waals surface area contributed by atoms with Gasteiger partial charge in [0, 0.05) is 12.8 Å². The van der Waals surface area contributed by atoms with E-state index < -0.39 is 0 Å². The van der Waals surface area contributed by atoms with Gasteiger partial charge in [-0.1, -0.05) is 24.6 Å². The SMILES string of the molecule is CCCN=C/C=C\C=C(C)C. The summed E-state index contributed by atoms with van der Waals surface area (Å²) in [4.78, 5) is 4.15. The summed E-state index contributed by atoms with van der Waals surface area (Å²) in [6, 6.07) is 0. The van der Waals surface area contributed by atoms with E-state index in [4.69, 9.17) is 0 Å². The quantitative estimate of drug-likeness (QED) is 0.432. The maximum absolute atomic E-state index is 4.15. The minimum absolute atomic E-state index is 0.930. The summed E-state index contributed by atoms with van der Waals surface area (Å²) in [6.07, 6.45) is 9.01. The van der Waals surface area contributed by atoms with Crippen molar-refractivity contribution in [1.82, 2.24) is 0 Å². The van der Waals surface area contributed by atoms with Gasteiger partial charge in [-0.25, -0.2) is 0 Å². The van der Waals surface area contributed by atoms with Crippen LogP contribution in [-0.4, -0.2) is 12.8 Å². The molecule has 0 aromatic carbocycles. The Morgan fingerprint density at radius 1 is 1.27 bits per heavy atom. The van der Waals surface area contributed by atoms with E-state index in [1.54, 1.807) is 0 Å². The van der Waals surface area contributed by atoms with Crippen LogP contribution in [0.5, 0.6) is 0 Å². The minimum atomic E-state index is 0.930. The Balaban J connectivity index is 3.52. The Kier molecular flexibility index (Phi) is 6.70. The molecule has 0 aliphatic heterocycles. The lowest BCUT2D eigenvalue weighted by atomic mass is 10.3. The lowest BCUT2D eigenvalue weighted by Gasteiger charge is -1.82. The highest BCUT2D eigenvalue weighted by Crippen LogP contribution is 1.87. The van der Waals surface area contributed by atoms with Crippen LogP contribution in [0.4, 0.5) is 0 Å². The number of allylic oxidation sites excluding steroid dienone is 4. The molecule has 0 saturated carbocycles. The van der Waals surface area contributed by atoms with Crippen molar-refractivity contribution in [3.63, 3.8) is 0 Å². The van der Waals surface area contributed by atoms with Crippen LogP contribution in [0.15, 0.2) is 28.8 Å². The average Bonchev–Trinajstić information content (AvgIpc) is 1.96. The van der Waals surface area contributed by atoms with Crippen LogP contribution in [0.2, 0.25) is 0 Å². The van der Waals surface area contributed by atoms with Crippen molar-refractivity contribution in [1.29, 1.82) is 0 Å². The van der Waals surface area contributed by atoms with Crippen molar-refractivity contribution in [2.45, 2.75) is 27.2 Å².